The average molecular weight is 434 g/mol. The summed E-state index contributed by atoms with van der Waals surface area (Å²) in [6.45, 7) is 6.32. The molecule has 9 heteroatoms. The molecule has 1 N–H and O–H groups in total. The summed E-state index contributed by atoms with van der Waals surface area (Å²) < 4.78 is 17.7. The van der Waals surface area contributed by atoms with Gasteiger partial charge >= 0.3 is 6.03 Å². The third kappa shape index (κ3) is 4.86. The molecule has 8 nitrogen and oxygen atoms in total. The van der Waals surface area contributed by atoms with Crippen LogP contribution in [-0.4, -0.2) is 85.0 Å². The van der Waals surface area contributed by atoms with Gasteiger partial charge in [0.2, 0.25) is 5.91 Å². The minimum atomic E-state index is -2.27. The van der Waals surface area contributed by atoms with Crippen molar-refractivity contribution in [2.45, 2.75) is 37.8 Å². The second kappa shape index (κ2) is 8.67. The van der Waals surface area contributed by atoms with Gasteiger partial charge in [0.1, 0.15) is 13.7 Å². The van der Waals surface area contributed by atoms with E-state index >= 15 is 0 Å². The largest absolute Gasteiger partial charge is 0.366 e. The van der Waals surface area contributed by atoms with Gasteiger partial charge in [0.25, 0.3) is 0 Å². The lowest BCUT2D eigenvalue weighted by molar-refractivity contribution is -0.139. The smallest absolute Gasteiger partial charge is 0.320 e. The maximum absolute atomic E-state index is 13.0. The quantitative estimate of drug-likeness (QED) is 0.724. The standard InChI is InChI=1S/C21H31N4O4P/c1-30(2,28)17-4-3-16(22-12-17)11-15-5-8-24(9-6-15)21(27)25-10-7-19-18(13-25)23-20(26)14-29-19/h3-4,12,15,18-19H,5-11,13-14H2,1-2H3,(H,23,26)/t18-,19+/m1/s1. The van der Waals surface area contributed by atoms with E-state index in [2.05, 4.69) is 10.3 Å². The van der Waals surface area contributed by atoms with Crippen molar-refractivity contribution in [3.8, 4) is 0 Å². The van der Waals surface area contributed by atoms with Crippen LogP contribution in [0.1, 0.15) is 25.0 Å². The summed E-state index contributed by atoms with van der Waals surface area (Å²) >= 11 is 0. The van der Waals surface area contributed by atoms with Crippen LogP contribution in [0.2, 0.25) is 0 Å². The number of rotatable bonds is 3. The van der Waals surface area contributed by atoms with Crippen LogP contribution in [0.25, 0.3) is 0 Å². The molecule has 0 aliphatic carbocycles. The zero-order valence-electron chi connectivity index (χ0n) is 17.7. The van der Waals surface area contributed by atoms with E-state index in [0.29, 0.717) is 19.0 Å². The second-order valence-corrected chi connectivity index (χ2v) is 12.3. The molecule has 0 spiro atoms. The number of amides is 3. The van der Waals surface area contributed by atoms with Crippen LogP contribution in [0.4, 0.5) is 4.79 Å². The highest BCUT2D eigenvalue weighted by molar-refractivity contribution is 7.70. The van der Waals surface area contributed by atoms with E-state index < -0.39 is 7.14 Å². The fourth-order valence-electron chi connectivity index (χ4n) is 4.55. The number of nitrogens with one attached hydrogen (secondary N) is 1. The summed E-state index contributed by atoms with van der Waals surface area (Å²) in [7, 11) is -2.27. The van der Waals surface area contributed by atoms with E-state index in [0.717, 1.165) is 49.8 Å². The molecular formula is C21H31N4O4P. The van der Waals surface area contributed by atoms with Gasteiger partial charge in [-0.3, -0.25) is 9.78 Å². The molecule has 30 heavy (non-hydrogen) atoms. The highest BCUT2D eigenvalue weighted by Crippen LogP contribution is 2.34. The Kier molecular flexibility index (Phi) is 6.16. The van der Waals surface area contributed by atoms with Gasteiger partial charge < -0.3 is 24.4 Å². The lowest BCUT2D eigenvalue weighted by Gasteiger charge is -2.43. The van der Waals surface area contributed by atoms with E-state index in [-0.39, 0.29) is 30.7 Å². The van der Waals surface area contributed by atoms with Crippen LogP contribution in [0.3, 0.4) is 0 Å². The van der Waals surface area contributed by atoms with Crippen molar-refractivity contribution in [3.63, 3.8) is 0 Å². The minimum Gasteiger partial charge on any atom is -0.366 e. The number of hydrogen-bond acceptors (Lipinski definition) is 5. The summed E-state index contributed by atoms with van der Waals surface area (Å²) in [5, 5.41) is 3.77. The van der Waals surface area contributed by atoms with Crippen molar-refractivity contribution in [3.05, 3.63) is 24.0 Å². The molecule has 0 bridgehead atoms. The number of aromatic nitrogens is 1. The van der Waals surface area contributed by atoms with E-state index in [1.807, 2.05) is 21.9 Å². The van der Waals surface area contributed by atoms with E-state index in [9.17, 15) is 14.2 Å². The van der Waals surface area contributed by atoms with Gasteiger partial charge in [0.05, 0.1) is 12.1 Å². The summed E-state index contributed by atoms with van der Waals surface area (Å²) in [4.78, 5) is 32.8. The Morgan fingerprint density at radius 1 is 1.20 bits per heavy atom. The van der Waals surface area contributed by atoms with Crippen molar-refractivity contribution in [2.24, 2.45) is 5.92 Å². The first-order chi connectivity index (χ1) is 14.3. The van der Waals surface area contributed by atoms with Gasteiger partial charge in [-0.15, -0.1) is 0 Å². The molecule has 1 aromatic rings. The highest BCUT2D eigenvalue weighted by Gasteiger charge is 2.38. The monoisotopic (exact) mass is 434 g/mol. The fraction of sp³-hybridized carbons (Fsp3) is 0.667. The molecule has 3 fully saturated rings. The van der Waals surface area contributed by atoms with Gasteiger partial charge in [-0.25, -0.2) is 4.79 Å². The van der Waals surface area contributed by atoms with Crippen molar-refractivity contribution in [1.82, 2.24) is 20.1 Å². The van der Waals surface area contributed by atoms with Crippen LogP contribution >= 0.6 is 7.14 Å². The third-order valence-electron chi connectivity index (χ3n) is 6.41. The van der Waals surface area contributed by atoms with Crippen molar-refractivity contribution >= 4 is 24.4 Å². The predicted molar refractivity (Wildman–Crippen MR) is 115 cm³/mol. The molecule has 4 rings (SSSR count). The summed E-state index contributed by atoms with van der Waals surface area (Å²) in [6, 6.07) is 3.88. The van der Waals surface area contributed by atoms with Gasteiger partial charge in [-0.05, 0) is 57.1 Å². The number of pyridine rings is 1. The van der Waals surface area contributed by atoms with Crippen molar-refractivity contribution in [1.29, 1.82) is 0 Å². The van der Waals surface area contributed by atoms with Gasteiger partial charge in [0, 0.05) is 43.4 Å². The molecule has 0 unspecified atom stereocenters. The molecule has 0 saturated carbocycles. The number of morpholine rings is 1. The number of ether oxygens (including phenoxy) is 1. The molecule has 1 aromatic heterocycles. The SMILES string of the molecule is CP(C)(=O)c1ccc(CC2CCN(C(=O)N3CC[C@@H]4OCC(=O)N[C@@H]4C3)CC2)nc1. The maximum atomic E-state index is 13.0. The Morgan fingerprint density at radius 3 is 2.60 bits per heavy atom. The molecule has 3 amide bonds. The Balaban J connectivity index is 1.26. The van der Waals surface area contributed by atoms with Gasteiger partial charge in [-0.1, -0.05) is 0 Å². The molecule has 3 saturated heterocycles. The predicted octanol–water partition coefficient (Wildman–Crippen LogP) is 1.29. The van der Waals surface area contributed by atoms with Crippen molar-refractivity contribution in [2.75, 3.05) is 46.1 Å². The lowest BCUT2D eigenvalue weighted by Crippen LogP contribution is -2.62. The summed E-state index contributed by atoms with van der Waals surface area (Å²) in [5.41, 5.74) is 1.02. The Bertz CT molecular complexity index is 832. The first-order valence-corrected chi connectivity index (χ1v) is 13.3. The maximum Gasteiger partial charge on any atom is 0.320 e. The number of likely N-dealkylation sites (tertiary alicyclic amines) is 2. The first-order valence-electron chi connectivity index (χ1n) is 10.7. The number of fused-ring (bicyclic) bond motifs is 1. The number of urea groups is 1. The number of carbonyl (C=O) groups is 2. The molecule has 164 valence electrons. The normalized spacial score (nSPS) is 25.6. The number of piperidine rings is 2. The van der Waals surface area contributed by atoms with E-state index in [1.54, 1.807) is 19.5 Å². The van der Waals surface area contributed by atoms with E-state index in [1.165, 1.54) is 0 Å². The number of hydrogen-bond donors (Lipinski definition) is 1. The zero-order valence-corrected chi connectivity index (χ0v) is 18.6. The molecule has 4 heterocycles. The fourth-order valence-corrected chi connectivity index (χ4v) is 5.32. The lowest BCUT2D eigenvalue weighted by atomic mass is 9.92. The third-order valence-corrected chi connectivity index (χ3v) is 7.92. The topological polar surface area (TPSA) is 91.8 Å². The van der Waals surface area contributed by atoms with Crippen LogP contribution < -0.4 is 10.6 Å². The number of nitrogens with zero attached hydrogens (tertiary/aromatic N) is 3. The van der Waals surface area contributed by atoms with Crippen LogP contribution in [-0.2, 0) is 20.5 Å². The Hall–Kier alpha value is -1.92. The molecule has 3 aliphatic rings. The van der Waals surface area contributed by atoms with Gasteiger partial charge in [-0.2, -0.15) is 0 Å². The molecular weight excluding hydrogens is 403 g/mol. The molecule has 0 aromatic carbocycles. The van der Waals surface area contributed by atoms with Gasteiger partial charge in [0.15, 0.2) is 0 Å². The zero-order chi connectivity index (χ0) is 21.3. The van der Waals surface area contributed by atoms with Crippen LogP contribution in [0, 0.1) is 5.92 Å². The van der Waals surface area contributed by atoms with Crippen molar-refractivity contribution < 1.29 is 18.9 Å². The molecule has 3 aliphatic heterocycles. The Morgan fingerprint density at radius 2 is 1.93 bits per heavy atom. The van der Waals surface area contributed by atoms with Crippen LogP contribution in [0.15, 0.2) is 18.3 Å². The highest BCUT2D eigenvalue weighted by atomic mass is 31.2. The van der Waals surface area contributed by atoms with Crippen LogP contribution in [0.5, 0.6) is 0 Å². The molecule has 2 atom stereocenters. The second-order valence-electron chi connectivity index (χ2n) is 9.03. The van der Waals surface area contributed by atoms with E-state index in [4.69, 9.17) is 4.74 Å². The average Bonchev–Trinajstić information content (AvgIpc) is 2.73. The summed E-state index contributed by atoms with van der Waals surface area (Å²) in [5.74, 6) is 0.396. The minimum absolute atomic E-state index is 0.0192. The first kappa shape index (κ1) is 21.3. The molecule has 0 radical (unpaired) electrons. The number of carbonyl (C=O) groups excluding carboxylic acids is 2. The summed E-state index contributed by atoms with van der Waals surface area (Å²) in [6.07, 6.45) is 5.32. The Labute approximate surface area is 177 Å².